The predicted molar refractivity (Wildman–Crippen MR) is 169 cm³/mol. The number of carbonyl (C=O) groups excluding carboxylic acids is 2. The van der Waals surface area contributed by atoms with Crippen molar-refractivity contribution in [3.05, 3.63) is 64.8 Å². The number of amides is 2. The van der Waals surface area contributed by atoms with Crippen LogP contribution in [-0.2, 0) is 11.3 Å². The lowest BCUT2D eigenvalue weighted by atomic mass is 10.1. The first-order valence-corrected chi connectivity index (χ1v) is 14.9. The number of hydrogen-bond acceptors (Lipinski definition) is 9. The van der Waals surface area contributed by atoms with Gasteiger partial charge in [-0.2, -0.15) is 4.98 Å². The summed E-state index contributed by atoms with van der Waals surface area (Å²) in [5.74, 6) is 0.488. The molecule has 2 N–H and O–H groups in total. The zero-order valence-electron chi connectivity index (χ0n) is 25.5. The molecular weight excluding hydrogens is 546 g/mol. The quantitative estimate of drug-likeness (QED) is 0.262. The van der Waals surface area contributed by atoms with Crippen molar-refractivity contribution in [3.63, 3.8) is 0 Å². The Hall–Kier alpha value is -4.22. The lowest BCUT2D eigenvalue weighted by Gasteiger charge is -2.37. The van der Waals surface area contributed by atoms with Gasteiger partial charge in [0.2, 0.25) is 5.95 Å². The molecule has 3 heterocycles. The number of urea groups is 1. The first-order valence-electron chi connectivity index (χ1n) is 14.9. The molecular formula is C32H41N7O4. The third-order valence-corrected chi connectivity index (χ3v) is 8.14. The Balaban J connectivity index is 1.44. The zero-order valence-corrected chi connectivity index (χ0v) is 25.5. The number of methoxy groups -OCH3 is 1. The fraction of sp³-hybridized carbons (Fsp3) is 0.438. The maximum absolute atomic E-state index is 13.9. The number of aryl methyl sites for hydroxylation is 2. The highest BCUT2D eigenvalue weighted by atomic mass is 16.5. The molecule has 2 amide bonds. The molecule has 1 aromatic heterocycles. The van der Waals surface area contributed by atoms with Crippen LogP contribution in [0.3, 0.4) is 0 Å². The van der Waals surface area contributed by atoms with Crippen LogP contribution in [0.4, 0.5) is 33.6 Å². The molecule has 1 saturated heterocycles. The molecule has 43 heavy (non-hydrogen) atoms. The van der Waals surface area contributed by atoms with Gasteiger partial charge in [-0.05, 0) is 69.5 Å². The first-order chi connectivity index (χ1) is 20.8. The van der Waals surface area contributed by atoms with Crippen LogP contribution in [0.25, 0.3) is 0 Å². The van der Waals surface area contributed by atoms with Gasteiger partial charge >= 0.3 is 12.0 Å². The number of ether oxygens (including phenoxy) is 1. The van der Waals surface area contributed by atoms with Crippen LogP contribution in [0.1, 0.15) is 46.3 Å². The third kappa shape index (κ3) is 6.57. The van der Waals surface area contributed by atoms with Crippen molar-refractivity contribution in [3.8, 4) is 0 Å². The number of aliphatic hydroxyl groups excluding tert-OH is 1. The van der Waals surface area contributed by atoms with E-state index in [1.54, 1.807) is 22.1 Å². The van der Waals surface area contributed by atoms with Gasteiger partial charge in [0.25, 0.3) is 0 Å². The Bertz CT molecular complexity index is 1450. The summed E-state index contributed by atoms with van der Waals surface area (Å²) in [5, 5.41) is 12.5. The average Bonchev–Trinajstić information content (AvgIpc) is 3.00. The summed E-state index contributed by atoms with van der Waals surface area (Å²) in [5.41, 5.74) is 5.75. The highest BCUT2D eigenvalue weighted by molar-refractivity contribution is 6.06. The molecule has 0 aliphatic carbocycles. The molecule has 0 bridgehead atoms. The van der Waals surface area contributed by atoms with Crippen LogP contribution in [0.15, 0.2) is 42.6 Å². The van der Waals surface area contributed by atoms with Gasteiger partial charge in [-0.3, -0.25) is 9.80 Å². The van der Waals surface area contributed by atoms with E-state index in [1.165, 1.54) is 7.11 Å². The number of hydrogen-bond donors (Lipinski definition) is 2. The normalized spacial score (nSPS) is 15.5. The van der Waals surface area contributed by atoms with Gasteiger partial charge in [0.05, 0.1) is 30.6 Å². The summed E-state index contributed by atoms with van der Waals surface area (Å²) >= 11 is 0. The van der Waals surface area contributed by atoms with Crippen molar-refractivity contribution in [2.75, 3.05) is 73.5 Å². The molecule has 2 aliphatic rings. The summed E-state index contributed by atoms with van der Waals surface area (Å²) in [6.07, 6.45) is 3.97. The Morgan fingerprint density at radius 3 is 2.49 bits per heavy atom. The van der Waals surface area contributed by atoms with E-state index in [1.807, 2.05) is 44.2 Å². The molecule has 0 atom stereocenters. The molecule has 2 aromatic carbocycles. The van der Waals surface area contributed by atoms with Gasteiger partial charge in [-0.25, -0.2) is 14.6 Å². The molecule has 228 valence electrons. The molecule has 5 rings (SSSR count). The standard InChI is InChI=1S/C32H41N7O4/c1-22-9-8-10-23(2)28(22)39-21-24-20-33-31(35-29(24)38(32(39)42)13-6-5-7-18-40)34-25-11-12-27(26(19-25)30(41)43-4)37-16-14-36(3)15-17-37/h8-12,19-20,40H,5-7,13-18,21H2,1-4H3,(H,33,34,35). The van der Waals surface area contributed by atoms with Crippen molar-refractivity contribution >= 4 is 40.8 Å². The van der Waals surface area contributed by atoms with E-state index < -0.39 is 5.97 Å². The number of benzene rings is 2. The van der Waals surface area contributed by atoms with E-state index in [0.29, 0.717) is 42.5 Å². The van der Waals surface area contributed by atoms with Crippen molar-refractivity contribution in [2.45, 2.75) is 39.7 Å². The molecule has 0 radical (unpaired) electrons. The van der Waals surface area contributed by atoms with E-state index in [-0.39, 0.29) is 12.6 Å². The molecule has 3 aromatic rings. The van der Waals surface area contributed by atoms with Crippen LogP contribution in [0.5, 0.6) is 0 Å². The van der Waals surface area contributed by atoms with Gasteiger partial charge in [-0.15, -0.1) is 0 Å². The number of nitrogens with one attached hydrogen (secondary N) is 1. The average molecular weight is 588 g/mol. The number of unbranched alkanes of at least 4 members (excludes halogenated alkanes) is 2. The van der Waals surface area contributed by atoms with E-state index >= 15 is 0 Å². The number of fused-ring (bicyclic) bond motifs is 1. The largest absolute Gasteiger partial charge is 0.465 e. The summed E-state index contributed by atoms with van der Waals surface area (Å²) in [6, 6.07) is 11.5. The Morgan fingerprint density at radius 2 is 1.79 bits per heavy atom. The van der Waals surface area contributed by atoms with Crippen molar-refractivity contribution in [2.24, 2.45) is 0 Å². The van der Waals surface area contributed by atoms with Gasteiger partial charge in [-0.1, -0.05) is 18.2 Å². The van der Waals surface area contributed by atoms with Crippen LogP contribution in [-0.4, -0.2) is 85.5 Å². The number of carbonyl (C=O) groups is 2. The third-order valence-electron chi connectivity index (χ3n) is 8.14. The van der Waals surface area contributed by atoms with Gasteiger partial charge in [0.15, 0.2) is 0 Å². The monoisotopic (exact) mass is 587 g/mol. The summed E-state index contributed by atoms with van der Waals surface area (Å²) in [7, 11) is 3.48. The Labute approximate surface area is 253 Å². The van der Waals surface area contributed by atoms with Crippen molar-refractivity contribution in [1.29, 1.82) is 0 Å². The minimum atomic E-state index is -0.407. The summed E-state index contributed by atoms with van der Waals surface area (Å²) in [4.78, 5) is 44.1. The minimum Gasteiger partial charge on any atom is -0.465 e. The van der Waals surface area contributed by atoms with Gasteiger partial charge in [0.1, 0.15) is 5.82 Å². The zero-order chi connectivity index (χ0) is 30.5. The number of piperazine rings is 1. The molecule has 11 heteroatoms. The fourth-order valence-electron chi connectivity index (χ4n) is 5.78. The molecule has 1 fully saturated rings. The maximum atomic E-state index is 13.9. The highest BCUT2D eigenvalue weighted by Gasteiger charge is 2.34. The second-order valence-electron chi connectivity index (χ2n) is 11.2. The number of esters is 1. The smallest absolute Gasteiger partial charge is 0.340 e. The van der Waals surface area contributed by atoms with E-state index in [9.17, 15) is 14.7 Å². The number of rotatable bonds is 10. The first kappa shape index (κ1) is 30.2. The summed E-state index contributed by atoms with van der Waals surface area (Å²) in [6.45, 7) is 8.45. The number of likely N-dealkylation sites (N-methyl/N-ethyl adjacent to an activating group) is 1. The van der Waals surface area contributed by atoms with Crippen LogP contribution in [0.2, 0.25) is 0 Å². The van der Waals surface area contributed by atoms with Gasteiger partial charge in [0, 0.05) is 56.8 Å². The summed E-state index contributed by atoms with van der Waals surface area (Å²) < 4.78 is 5.11. The lowest BCUT2D eigenvalue weighted by Crippen LogP contribution is -2.48. The number of aliphatic hydroxyl groups is 1. The van der Waals surface area contributed by atoms with E-state index in [0.717, 1.165) is 67.1 Å². The second-order valence-corrected chi connectivity index (χ2v) is 11.2. The van der Waals surface area contributed by atoms with Crippen molar-refractivity contribution in [1.82, 2.24) is 14.9 Å². The van der Waals surface area contributed by atoms with Crippen LogP contribution in [0, 0.1) is 13.8 Å². The second kappa shape index (κ2) is 13.4. The number of para-hydroxylation sites is 1. The van der Waals surface area contributed by atoms with E-state index in [2.05, 4.69) is 27.1 Å². The number of anilines is 5. The molecule has 0 saturated carbocycles. The molecule has 11 nitrogen and oxygen atoms in total. The predicted octanol–water partition coefficient (Wildman–Crippen LogP) is 4.48. The van der Waals surface area contributed by atoms with E-state index in [4.69, 9.17) is 9.72 Å². The topological polar surface area (TPSA) is 114 Å². The minimum absolute atomic E-state index is 0.121. The Kier molecular flexibility index (Phi) is 9.42. The maximum Gasteiger partial charge on any atom is 0.340 e. The SMILES string of the molecule is COC(=O)c1cc(Nc2ncc3c(n2)N(CCCCCO)C(=O)N(c2c(C)cccc2C)C3)ccc1N1CCN(C)CC1. The fourth-order valence-corrected chi connectivity index (χ4v) is 5.78. The Morgan fingerprint density at radius 1 is 1.05 bits per heavy atom. The van der Waals surface area contributed by atoms with Crippen molar-refractivity contribution < 1.29 is 19.4 Å². The van der Waals surface area contributed by atoms with Crippen LogP contribution < -0.4 is 20.0 Å². The highest BCUT2D eigenvalue weighted by Crippen LogP contribution is 2.35. The lowest BCUT2D eigenvalue weighted by molar-refractivity contribution is 0.0601. The molecule has 0 unspecified atom stereocenters. The molecule has 0 spiro atoms. The number of nitrogens with zero attached hydrogens (tertiary/aromatic N) is 6. The molecule has 2 aliphatic heterocycles. The number of aromatic nitrogens is 2. The van der Waals surface area contributed by atoms with Crippen LogP contribution >= 0.6 is 0 Å². The van der Waals surface area contributed by atoms with Gasteiger partial charge < -0.3 is 25.0 Å².